The van der Waals surface area contributed by atoms with Gasteiger partial charge < -0.3 is 10.8 Å². The fourth-order valence-corrected chi connectivity index (χ4v) is 4.84. The van der Waals surface area contributed by atoms with Crippen molar-refractivity contribution in [1.82, 2.24) is 14.5 Å². The van der Waals surface area contributed by atoms with Crippen LogP contribution in [-0.2, 0) is 0 Å². The van der Waals surface area contributed by atoms with E-state index in [1.807, 2.05) is 0 Å². The van der Waals surface area contributed by atoms with Gasteiger partial charge in [0.15, 0.2) is 0 Å². The van der Waals surface area contributed by atoms with E-state index in [-0.39, 0.29) is 36.9 Å². The SMILES string of the molecule is CC1=C(F)C(N2CC(F)C(C(N)CO)C2)C(C)c2c1c(=O)[nH]c(=O)n2C1CC1. The summed E-state index contributed by atoms with van der Waals surface area (Å²) in [5.74, 6) is -1.56. The van der Waals surface area contributed by atoms with Crippen molar-refractivity contribution in [2.24, 2.45) is 11.7 Å². The predicted molar refractivity (Wildman–Crippen MR) is 101 cm³/mol. The first-order valence-electron chi connectivity index (χ1n) is 9.76. The Labute approximate surface area is 160 Å². The predicted octanol–water partition coefficient (Wildman–Crippen LogP) is 0.647. The number of halogens is 2. The number of aromatic nitrogens is 2. The van der Waals surface area contributed by atoms with E-state index in [4.69, 9.17) is 5.73 Å². The van der Waals surface area contributed by atoms with Crippen LogP contribution in [0.5, 0.6) is 0 Å². The first kappa shape index (κ1) is 19.5. The lowest BCUT2D eigenvalue weighted by atomic mass is 9.83. The summed E-state index contributed by atoms with van der Waals surface area (Å²) < 4.78 is 31.5. The summed E-state index contributed by atoms with van der Waals surface area (Å²) in [4.78, 5) is 28.9. The molecule has 4 N–H and O–H groups in total. The van der Waals surface area contributed by atoms with Gasteiger partial charge in [0.25, 0.3) is 5.56 Å². The van der Waals surface area contributed by atoms with Crippen LogP contribution in [-0.4, -0.2) is 57.5 Å². The largest absolute Gasteiger partial charge is 0.395 e. The second kappa shape index (κ2) is 6.89. The number of aliphatic hydroxyl groups excluding tert-OH is 1. The number of fused-ring (bicyclic) bond motifs is 1. The molecule has 1 aromatic heterocycles. The Morgan fingerprint density at radius 3 is 2.61 bits per heavy atom. The van der Waals surface area contributed by atoms with Crippen LogP contribution in [0.4, 0.5) is 8.78 Å². The number of likely N-dealkylation sites (tertiary alicyclic amines) is 1. The molecule has 0 amide bonds. The van der Waals surface area contributed by atoms with Gasteiger partial charge in [-0.15, -0.1) is 0 Å². The summed E-state index contributed by atoms with van der Waals surface area (Å²) in [6.45, 7) is 3.19. The summed E-state index contributed by atoms with van der Waals surface area (Å²) in [6, 6.07) is -1.47. The van der Waals surface area contributed by atoms with Crippen molar-refractivity contribution in [2.75, 3.05) is 19.7 Å². The second-order valence-corrected chi connectivity index (χ2v) is 8.31. The van der Waals surface area contributed by atoms with Gasteiger partial charge in [0.2, 0.25) is 0 Å². The van der Waals surface area contributed by atoms with Gasteiger partial charge in [-0.25, -0.2) is 13.6 Å². The van der Waals surface area contributed by atoms with E-state index in [2.05, 4.69) is 4.98 Å². The molecule has 7 nitrogen and oxygen atoms in total. The van der Waals surface area contributed by atoms with E-state index in [0.29, 0.717) is 5.69 Å². The Morgan fingerprint density at radius 2 is 2.00 bits per heavy atom. The number of H-pyrrole nitrogens is 1. The van der Waals surface area contributed by atoms with Gasteiger partial charge in [0, 0.05) is 42.7 Å². The zero-order chi connectivity index (χ0) is 20.3. The van der Waals surface area contributed by atoms with Gasteiger partial charge in [0.1, 0.15) is 12.0 Å². The molecule has 4 rings (SSSR count). The van der Waals surface area contributed by atoms with Gasteiger partial charge in [-0.1, -0.05) is 6.92 Å². The lowest BCUT2D eigenvalue weighted by Gasteiger charge is -2.37. The minimum atomic E-state index is -1.27. The minimum absolute atomic E-state index is 0.000256. The van der Waals surface area contributed by atoms with Crippen LogP contribution in [0.3, 0.4) is 0 Å². The van der Waals surface area contributed by atoms with E-state index in [9.17, 15) is 19.1 Å². The maximum Gasteiger partial charge on any atom is 0.328 e. The number of aliphatic hydroxyl groups is 1. The Morgan fingerprint density at radius 1 is 1.32 bits per heavy atom. The van der Waals surface area contributed by atoms with Gasteiger partial charge in [-0.3, -0.25) is 19.2 Å². The molecule has 28 heavy (non-hydrogen) atoms. The van der Waals surface area contributed by atoms with E-state index in [1.165, 1.54) is 6.92 Å². The highest BCUT2D eigenvalue weighted by Crippen LogP contribution is 2.44. The number of rotatable bonds is 4. The van der Waals surface area contributed by atoms with Crippen LogP contribution in [0.2, 0.25) is 0 Å². The Hall–Kier alpha value is -1.84. The zero-order valence-corrected chi connectivity index (χ0v) is 16.0. The number of hydrogen-bond acceptors (Lipinski definition) is 5. The van der Waals surface area contributed by atoms with E-state index >= 15 is 4.39 Å². The van der Waals surface area contributed by atoms with Crippen molar-refractivity contribution >= 4 is 5.57 Å². The molecule has 2 aliphatic carbocycles. The first-order valence-corrected chi connectivity index (χ1v) is 9.76. The molecule has 1 saturated carbocycles. The molecule has 5 atom stereocenters. The van der Waals surface area contributed by atoms with Crippen LogP contribution in [0.25, 0.3) is 5.57 Å². The average molecular weight is 396 g/mol. The third-order valence-corrected chi connectivity index (χ3v) is 6.46. The van der Waals surface area contributed by atoms with Crippen molar-refractivity contribution in [2.45, 2.75) is 56.9 Å². The number of alkyl halides is 1. The van der Waals surface area contributed by atoms with Gasteiger partial charge >= 0.3 is 5.69 Å². The number of nitrogens with two attached hydrogens (primary N) is 1. The molecule has 0 radical (unpaired) electrons. The lowest BCUT2D eigenvalue weighted by molar-refractivity contribution is 0.181. The number of hydrogen-bond donors (Lipinski definition) is 3. The Kier molecular flexibility index (Phi) is 4.79. The third kappa shape index (κ3) is 2.87. The van der Waals surface area contributed by atoms with Crippen molar-refractivity contribution in [1.29, 1.82) is 0 Å². The molecule has 154 valence electrons. The highest BCUT2D eigenvalue weighted by Gasteiger charge is 2.46. The van der Waals surface area contributed by atoms with Crippen molar-refractivity contribution < 1.29 is 13.9 Å². The third-order valence-electron chi connectivity index (χ3n) is 6.46. The van der Waals surface area contributed by atoms with Crippen LogP contribution in [0, 0.1) is 5.92 Å². The van der Waals surface area contributed by atoms with E-state index in [0.717, 1.165) is 12.8 Å². The second-order valence-electron chi connectivity index (χ2n) is 8.31. The average Bonchev–Trinajstić information content (AvgIpc) is 3.40. The molecule has 9 heteroatoms. The molecule has 0 bridgehead atoms. The molecule has 1 aliphatic heterocycles. The number of allylic oxidation sites excluding steroid dienone is 1. The normalized spacial score (nSPS) is 31.9. The molecule has 2 fully saturated rings. The van der Waals surface area contributed by atoms with Crippen LogP contribution in [0.15, 0.2) is 15.4 Å². The van der Waals surface area contributed by atoms with Gasteiger partial charge in [0.05, 0.1) is 18.2 Å². The lowest BCUT2D eigenvalue weighted by Crippen LogP contribution is -2.46. The number of aromatic amines is 1. The minimum Gasteiger partial charge on any atom is -0.395 e. The van der Waals surface area contributed by atoms with E-state index < -0.39 is 47.2 Å². The first-order chi connectivity index (χ1) is 13.3. The van der Waals surface area contributed by atoms with Gasteiger partial charge in [-0.05, 0) is 25.3 Å². The summed E-state index contributed by atoms with van der Waals surface area (Å²) in [6.07, 6.45) is 0.406. The van der Waals surface area contributed by atoms with Crippen LogP contribution in [0.1, 0.15) is 49.9 Å². The number of nitrogens with zero attached hydrogens (tertiary/aromatic N) is 2. The van der Waals surface area contributed by atoms with E-state index in [1.54, 1.807) is 16.4 Å². The molecule has 0 aromatic carbocycles. The standard InChI is InChI=1S/C19H26F2N4O3/c1-8-14-16(25(10-3-4-10)19(28)23-18(14)27)9(2)17(15(8)21)24-5-11(12(20)6-24)13(22)7-26/h9-13,17,26H,3-7,22H2,1-2H3,(H,23,27,28). The summed E-state index contributed by atoms with van der Waals surface area (Å²) in [7, 11) is 0. The highest BCUT2D eigenvalue weighted by atomic mass is 19.1. The zero-order valence-electron chi connectivity index (χ0n) is 16.0. The fraction of sp³-hybridized carbons (Fsp3) is 0.684. The van der Waals surface area contributed by atoms with Crippen LogP contribution < -0.4 is 17.0 Å². The molecule has 1 saturated heterocycles. The molecular weight excluding hydrogens is 370 g/mol. The van der Waals surface area contributed by atoms with Crippen molar-refractivity contribution in [3.8, 4) is 0 Å². The summed E-state index contributed by atoms with van der Waals surface area (Å²) in [5.41, 5.74) is 5.72. The Bertz CT molecular complexity index is 936. The summed E-state index contributed by atoms with van der Waals surface area (Å²) >= 11 is 0. The molecule has 3 aliphatic rings. The van der Waals surface area contributed by atoms with Gasteiger partial charge in [-0.2, -0.15) is 0 Å². The molecule has 5 unspecified atom stereocenters. The molecule has 2 heterocycles. The maximum absolute atomic E-state index is 15.4. The monoisotopic (exact) mass is 396 g/mol. The number of nitrogens with one attached hydrogen (secondary N) is 1. The highest BCUT2D eigenvalue weighted by molar-refractivity contribution is 5.71. The fourth-order valence-electron chi connectivity index (χ4n) is 4.84. The van der Waals surface area contributed by atoms with Crippen molar-refractivity contribution in [3.05, 3.63) is 37.9 Å². The molecule has 1 aromatic rings. The Balaban J connectivity index is 1.79. The summed E-state index contributed by atoms with van der Waals surface area (Å²) in [5, 5.41) is 9.28. The smallest absolute Gasteiger partial charge is 0.328 e. The molecular formula is C19H26F2N4O3. The topological polar surface area (TPSA) is 104 Å². The maximum atomic E-state index is 15.4. The quantitative estimate of drug-likeness (QED) is 0.693. The molecule has 0 spiro atoms. The van der Waals surface area contributed by atoms with Crippen molar-refractivity contribution in [3.63, 3.8) is 0 Å². The van der Waals surface area contributed by atoms with Crippen LogP contribution >= 0.6 is 0 Å².